The molecule has 2 fully saturated rings. The highest BCUT2D eigenvalue weighted by Crippen LogP contribution is 2.64. The largest absolute Gasteiger partial charge is 0.444 e. The second-order valence-electron chi connectivity index (χ2n) is 13.0. The van der Waals surface area contributed by atoms with Gasteiger partial charge in [-0.2, -0.15) is 0 Å². The van der Waals surface area contributed by atoms with Gasteiger partial charge >= 0.3 is 6.09 Å². The topological polar surface area (TPSA) is 148 Å². The van der Waals surface area contributed by atoms with Gasteiger partial charge in [0.15, 0.2) is 0 Å². The highest BCUT2D eigenvalue weighted by molar-refractivity contribution is 6.37. The van der Waals surface area contributed by atoms with Crippen LogP contribution in [0.3, 0.4) is 0 Å². The molecule has 5 atom stereocenters. The molecule has 0 aromatic rings. The van der Waals surface area contributed by atoms with Crippen molar-refractivity contribution in [1.82, 2.24) is 15.5 Å². The van der Waals surface area contributed by atoms with Gasteiger partial charge in [-0.25, -0.2) is 4.79 Å². The summed E-state index contributed by atoms with van der Waals surface area (Å²) in [5.41, 5.74) is 4.45. The number of primary amides is 1. The van der Waals surface area contributed by atoms with Crippen LogP contribution in [0.1, 0.15) is 113 Å². The van der Waals surface area contributed by atoms with Gasteiger partial charge in [-0.15, -0.1) is 0 Å². The van der Waals surface area contributed by atoms with Crippen LogP contribution < -0.4 is 16.4 Å². The van der Waals surface area contributed by atoms with Gasteiger partial charge < -0.3 is 26.0 Å². The van der Waals surface area contributed by atoms with E-state index in [0.29, 0.717) is 25.8 Å². The lowest BCUT2D eigenvalue weighted by Gasteiger charge is -2.33. The smallest absolute Gasteiger partial charge is 0.408 e. The molecule has 10 nitrogen and oxygen atoms in total. The number of ether oxygens (including phenoxy) is 1. The van der Waals surface area contributed by atoms with E-state index in [1.54, 1.807) is 27.7 Å². The van der Waals surface area contributed by atoms with Crippen LogP contribution in [0.2, 0.25) is 0 Å². The molecule has 40 heavy (non-hydrogen) atoms. The number of Topliss-reactive ketones (excluding diaryl/α,β-unsaturated/α-hetero) is 1. The number of carbonyl (C=O) groups is 5. The third-order valence-corrected chi connectivity index (χ3v) is 8.38. The summed E-state index contributed by atoms with van der Waals surface area (Å²) in [7, 11) is 0. The van der Waals surface area contributed by atoms with Gasteiger partial charge in [0.05, 0.1) is 6.04 Å². The van der Waals surface area contributed by atoms with E-state index in [4.69, 9.17) is 10.5 Å². The van der Waals surface area contributed by atoms with Crippen molar-refractivity contribution in [3.05, 3.63) is 0 Å². The molecule has 1 heterocycles. The molecule has 2 rings (SSSR count). The summed E-state index contributed by atoms with van der Waals surface area (Å²) >= 11 is 0. The quantitative estimate of drug-likeness (QED) is 0.192. The molecular formula is C30H52N4O6. The summed E-state index contributed by atoms with van der Waals surface area (Å²) < 4.78 is 5.32. The van der Waals surface area contributed by atoms with E-state index in [-0.39, 0.29) is 23.2 Å². The van der Waals surface area contributed by atoms with E-state index in [1.165, 1.54) is 30.6 Å². The van der Waals surface area contributed by atoms with Gasteiger partial charge in [0.2, 0.25) is 17.6 Å². The second kappa shape index (κ2) is 14.3. The van der Waals surface area contributed by atoms with Gasteiger partial charge in [-0.3, -0.25) is 19.2 Å². The molecule has 1 aliphatic carbocycles. The molecular weight excluding hydrogens is 512 g/mol. The van der Waals surface area contributed by atoms with Crippen molar-refractivity contribution >= 4 is 29.6 Å². The maximum atomic E-state index is 13.7. The molecule has 4 amide bonds. The van der Waals surface area contributed by atoms with E-state index in [2.05, 4.69) is 31.4 Å². The molecule has 4 N–H and O–H groups in total. The number of amides is 4. The van der Waals surface area contributed by atoms with Crippen molar-refractivity contribution in [3.63, 3.8) is 0 Å². The summed E-state index contributed by atoms with van der Waals surface area (Å²) in [6.45, 7) is 13.7. The number of nitrogens with two attached hydrogens (primary N) is 1. The summed E-state index contributed by atoms with van der Waals surface area (Å²) in [6.07, 6.45) is 8.49. The number of hydrogen-bond acceptors (Lipinski definition) is 6. The monoisotopic (exact) mass is 564 g/mol. The second-order valence-corrected chi connectivity index (χ2v) is 13.0. The van der Waals surface area contributed by atoms with Crippen molar-refractivity contribution in [2.24, 2.45) is 23.0 Å². The number of likely N-dealkylation sites (tertiary alicyclic amines) is 1. The predicted molar refractivity (Wildman–Crippen MR) is 153 cm³/mol. The number of rotatable bonds is 16. The minimum Gasteiger partial charge on any atom is -0.444 e. The molecule has 2 aliphatic rings. The Morgan fingerprint density at radius 2 is 1.50 bits per heavy atom. The number of fused-ring (bicyclic) bond motifs is 1. The zero-order chi connectivity index (χ0) is 30.3. The summed E-state index contributed by atoms with van der Waals surface area (Å²) in [4.78, 5) is 65.5. The molecule has 228 valence electrons. The minimum absolute atomic E-state index is 0.0806. The number of piperidine rings is 1. The lowest BCUT2D eigenvalue weighted by Crippen LogP contribution is -2.58. The Balaban J connectivity index is 2.09. The Kier molecular flexibility index (Phi) is 12.0. The predicted octanol–water partition coefficient (Wildman–Crippen LogP) is 3.84. The van der Waals surface area contributed by atoms with Crippen LogP contribution in [0.15, 0.2) is 0 Å². The molecule has 10 heteroatoms. The molecule has 2 unspecified atom stereocenters. The first-order valence-electron chi connectivity index (χ1n) is 15.1. The Labute approximate surface area is 239 Å². The van der Waals surface area contributed by atoms with Gasteiger partial charge in [-0.1, -0.05) is 79.1 Å². The fourth-order valence-corrected chi connectivity index (χ4v) is 5.98. The molecule has 0 aromatic carbocycles. The first-order valence-corrected chi connectivity index (χ1v) is 15.1. The average Bonchev–Trinajstić information content (AvgIpc) is 3.18. The number of hydrogen-bond donors (Lipinski definition) is 3. The zero-order valence-corrected chi connectivity index (χ0v) is 25.6. The molecule has 0 bridgehead atoms. The van der Waals surface area contributed by atoms with E-state index < -0.39 is 47.4 Å². The highest BCUT2D eigenvalue weighted by Gasteiger charge is 2.69. The van der Waals surface area contributed by atoms with Crippen molar-refractivity contribution < 1.29 is 28.7 Å². The van der Waals surface area contributed by atoms with E-state index in [0.717, 1.165) is 19.3 Å². The highest BCUT2D eigenvalue weighted by atomic mass is 16.6. The summed E-state index contributed by atoms with van der Waals surface area (Å²) in [5.74, 6) is -2.68. The number of nitrogens with one attached hydrogen (secondary N) is 2. The van der Waals surface area contributed by atoms with Gasteiger partial charge in [-0.05, 0) is 50.9 Å². The van der Waals surface area contributed by atoms with E-state index >= 15 is 0 Å². The molecule has 1 saturated carbocycles. The Morgan fingerprint density at radius 3 is 2.02 bits per heavy atom. The maximum absolute atomic E-state index is 13.7. The van der Waals surface area contributed by atoms with Crippen LogP contribution >= 0.6 is 0 Å². The first kappa shape index (κ1) is 33.6. The number of unbranched alkanes of at least 4 members (excludes halogenated alkanes) is 7. The molecule has 0 aromatic heterocycles. The van der Waals surface area contributed by atoms with Crippen molar-refractivity contribution in [2.45, 2.75) is 136 Å². The minimum atomic E-state index is -1.08. The maximum Gasteiger partial charge on any atom is 0.408 e. The van der Waals surface area contributed by atoms with Gasteiger partial charge in [0, 0.05) is 6.54 Å². The van der Waals surface area contributed by atoms with Crippen LogP contribution in [-0.2, 0) is 23.9 Å². The number of carbonyl (C=O) groups excluding carboxylic acids is 5. The van der Waals surface area contributed by atoms with Crippen LogP contribution in [0.4, 0.5) is 4.79 Å². The Bertz CT molecular complexity index is 928. The Morgan fingerprint density at radius 1 is 0.925 bits per heavy atom. The van der Waals surface area contributed by atoms with Crippen LogP contribution in [0.25, 0.3) is 0 Å². The number of nitrogens with zero attached hydrogens (tertiary/aromatic N) is 1. The van der Waals surface area contributed by atoms with Crippen LogP contribution in [-0.4, -0.2) is 64.8 Å². The lowest BCUT2D eigenvalue weighted by molar-refractivity contribution is -0.143. The van der Waals surface area contributed by atoms with Crippen LogP contribution in [0.5, 0.6) is 0 Å². The fraction of sp³-hybridized carbons (Fsp3) is 0.833. The van der Waals surface area contributed by atoms with E-state index in [1.807, 2.05) is 0 Å². The average molecular weight is 565 g/mol. The third-order valence-electron chi connectivity index (χ3n) is 8.38. The summed E-state index contributed by atoms with van der Waals surface area (Å²) in [6, 6.07) is -2.68. The van der Waals surface area contributed by atoms with Crippen LogP contribution in [0, 0.1) is 17.3 Å². The lowest BCUT2D eigenvalue weighted by atomic mass is 9.98. The molecule has 0 radical (unpaired) electrons. The van der Waals surface area contributed by atoms with Crippen molar-refractivity contribution in [1.29, 1.82) is 0 Å². The zero-order valence-electron chi connectivity index (χ0n) is 25.6. The van der Waals surface area contributed by atoms with Crippen molar-refractivity contribution in [3.8, 4) is 0 Å². The van der Waals surface area contributed by atoms with Gasteiger partial charge in [0.1, 0.15) is 17.7 Å². The standard InChI is InChI=1S/C30H52N4O6/c1-8-10-11-12-13-14-15-16-17-21(24(35)25(31)36)32-26(37)23-22-19(30(22,6)7)18-34(23)27(38)20(9-2)33-28(39)40-29(3,4)5/h19-23H,8-18H2,1-7H3,(H2,31,36)(H,32,37)(H,33,39)/t19?,20-,21-,22?,23-/m0/s1. The van der Waals surface area contributed by atoms with E-state index in [9.17, 15) is 24.0 Å². The Hall–Kier alpha value is -2.65. The fourth-order valence-electron chi connectivity index (χ4n) is 5.98. The molecule has 1 saturated heterocycles. The first-order chi connectivity index (χ1) is 18.7. The number of alkyl carbamates (subject to hydrolysis) is 1. The SMILES string of the molecule is CCCCCCCCCC[C@H](NC(=O)[C@@H]1C2C(CN1C(=O)[C@H](CC)NC(=O)OC(C)(C)C)C2(C)C)C(=O)C(N)=O. The normalized spacial score (nSPS) is 22.6. The molecule has 1 aliphatic heterocycles. The third kappa shape index (κ3) is 8.93. The van der Waals surface area contributed by atoms with Gasteiger partial charge in [0.25, 0.3) is 5.91 Å². The van der Waals surface area contributed by atoms with Crippen molar-refractivity contribution in [2.75, 3.05) is 6.54 Å². The number of ketones is 1. The molecule has 0 spiro atoms. The summed E-state index contributed by atoms with van der Waals surface area (Å²) in [5, 5.41) is 5.41.